The zero-order chi connectivity index (χ0) is 24.9. The minimum absolute atomic E-state index is 0.00251. The number of amides is 2. The fourth-order valence-electron chi connectivity index (χ4n) is 3.20. The molecule has 1 atom stereocenters. The van der Waals surface area contributed by atoms with E-state index in [1.54, 1.807) is 25.1 Å². The highest BCUT2D eigenvalue weighted by molar-refractivity contribution is 7.92. The Morgan fingerprint density at radius 3 is 2.24 bits per heavy atom. The minimum atomic E-state index is -3.93. The van der Waals surface area contributed by atoms with Crippen LogP contribution in [-0.2, 0) is 26.2 Å². The van der Waals surface area contributed by atoms with Gasteiger partial charge in [0.05, 0.1) is 32.0 Å². The first-order valence-corrected chi connectivity index (χ1v) is 13.1. The minimum Gasteiger partial charge on any atom is -0.357 e. The van der Waals surface area contributed by atoms with Gasteiger partial charge < -0.3 is 10.2 Å². The third-order valence-corrected chi connectivity index (χ3v) is 7.52. The summed E-state index contributed by atoms with van der Waals surface area (Å²) in [5.74, 6) is -1.00. The molecule has 0 spiro atoms. The molecule has 2 aromatic carbocycles. The van der Waals surface area contributed by atoms with Crippen molar-refractivity contribution < 1.29 is 18.0 Å². The number of sulfonamides is 1. The van der Waals surface area contributed by atoms with Crippen molar-refractivity contribution >= 4 is 73.9 Å². The van der Waals surface area contributed by atoms with Crippen LogP contribution >= 0.6 is 46.4 Å². The Morgan fingerprint density at radius 1 is 1.03 bits per heavy atom. The van der Waals surface area contributed by atoms with E-state index in [4.69, 9.17) is 46.4 Å². The van der Waals surface area contributed by atoms with Crippen LogP contribution in [0.15, 0.2) is 36.4 Å². The van der Waals surface area contributed by atoms with Crippen molar-refractivity contribution in [1.29, 1.82) is 0 Å². The van der Waals surface area contributed by atoms with E-state index in [-0.39, 0.29) is 27.3 Å². The monoisotopic (exact) mass is 553 g/mol. The van der Waals surface area contributed by atoms with Gasteiger partial charge in [-0.1, -0.05) is 65.5 Å². The second kappa shape index (κ2) is 11.6. The van der Waals surface area contributed by atoms with Crippen LogP contribution in [0.25, 0.3) is 0 Å². The Morgan fingerprint density at radius 2 is 1.70 bits per heavy atom. The average molecular weight is 555 g/mol. The van der Waals surface area contributed by atoms with Crippen molar-refractivity contribution in [2.24, 2.45) is 0 Å². The summed E-state index contributed by atoms with van der Waals surface area (Å²) in [6.07, 6.45) is 1.25. The fraction of sp³-hybridized carbons (Fsp3) is 0.333. The highest BCUT2D eigenvalue weighted by Crippen LogP contribution is 2.34. The lowest BCUT2D eigenvalue weighted by Gasteiger charge is -2.32. The number of benzene rings is 2. The van der Waals surface area contributed by atoms with Gasteiger partial charge in [0, 0.05) is 13.6 Å². The van der Waals surface area contributed by atoms with Crippen LogP contribution in [0.5, 0.6) is 0 Å². The molecule has 0 bridgehead atoms. The van der Waals surface area contributed by atoms with E-state index in [1.165, 1.54) is 30.1 Å². The van der Waals surface area contributed by atoms with Crippen molar-refractivity contribution in [2.75, 3.05) is 24.2 Å². The van der Waals surface area contributed by atoms with E-state index < -0.39 is 34.4 Å². The lowest BCUT2D eigenvalue weighted by Crippen LogP contribution is -2.51. The number of hydrogen-bond donors (Lipinski definition) is 1. The molecule has 2 amide bonds. The third kappa shape index (κ3) is 6.90. The predicted molar refractivity (Wildman–Crippen MR) is 134 cm³/mol. The summed E-state index contributed by atoms with van der Waals surface area (Å²) in [6.45, 7) is 1.16. The van der Waals surface area contributed by atoms with Crippen molar-refractivity contribution in [2.45, 2.75) is 25.9 Å². The number of anilines is 1. The molecule has 1 unspecified atom stereocenters. The summed E-state index contributed by atoms with van der Waals surface area (Å²) in [4.78, 5) is 27.3. The van der Waals surface area contributed by atoms with Crippen molar-refractivity contribution in [3.05, 3.63) is 62.1 Å². The molecule has 1 N–H and O–H groups in total. The third-order valence-electron chi connectivity index (χ3n) is 4.85. The Labute approximate surface area is 213 Å². The van der Waals surface area contributed by atoms with E-state index >= 15 is 0 Å². The highest BCUT2D eigenvalue weighted by Gasteiger charge is 2.32. The number of likely N-dealkylation sites (N-methyl/N-ethyl adjacent to an activating group) is 1. The molecule has 2 rings (SSSR count). The molecule has 0 aliphatic heterocycles. The van der Waals surface area contributed by atoms with E-state index in [0.29, 0.717) is 17.0 Å². The van der Waals surface area contributed by atoms with Crippen LogP contribution in [0.3, 0.4) is 0 Å². The second-order valence-corrected chi connectivity index (χ2v) is 10.7. The van der Waals surface area contributed by atoms with Gasteiger partial charge in [-0.2, -0.15) is 0 Å². The lowest BCUT2D eigenvalue weighted by molar-refractivity contribution is -0.140. The first-order chi connectivity index (χ1) is 15.4. The highest BCUT2D eigenvalue weighted by atomic mass is 35.5. The number of nitrogens with one attached hydrogen (secondary N) is 1. The van der Waals surface area contributed by atoms with Crippen LogP contribution < -0.4 is 9.62 Å². The van der Waals surface area contributed by atoms with Gasteiger partial charge in [0.1, 0.15) is 12.6 Å². The quantitative estimate of drug-likeness (QED) is 0.490. The molecule has 0 aliphatic rings. The number of nitrogens with zero attached hydrogens (tertiary/aromatic N) is 2. The molecular formula is C21H23Cl4N3O4S. The van der Waals surface area contributed by atoms with Crippen LogP contribution in [0, 0.1) is 0 Å². The molecule has 2 aromatic rings. The molecule has 0 heterocycles. The molecule has 0 radical (unpaired) electrons. The summed E-state index contributed by atoms with van der Waals surface area (Å²) in [6, 6.07) is 8.47. The molecule has 0 saturated carbocycles. The van der Waals surface area contributed by atoms with Gasteiger partial charge in [0.25, 0.3) is 0 Å². The predicted octanol–water partition coefficient (Wildman–Crippen LogP) is 4.62. The maximum Gasteiger partial charge on any atom is 0.244 e. The van der Waals surface area contributed by atoms with Crippen LogP contribution in [0.2, 0.25) is 20.1 Å². The molecule has 180 valence electrons. The summed E-state index contributed by atoms with van der Waals surface area (Å²) >= 11 is 24.4. The average Bonchev–Trinajstić information content (AvgIpc) is 2.75. The number of hydrogen-bond acceptors (Lipinski definition) is 4. The summed E-state index contributed by atoms with van der Waals surface area (Å²) in [5, 5.41) is 3.30. The lowest BCUT2D eigenvalue weighted by atomic mass is 10.1. The van der Waals surface area contributed by atoms with Gasteiger partial charge in [0.2, 0.25) is 21.8 Å². The molecule has 0 aliphatic carbocycles. The Kier molecular flexibility index (Phi) is 9.70. The molecule has 12 heteroatoms. The van der Waals surface area contributed by atoms with Crippen molar-refractivity contribution in [3.63, 3.8) is 0 Å². The van der Waals surface area contributed by atoms with E-state index in [2.05, 4.69) is 5.32 Å². The van der Waals surface area contributed by atoms with Gasteiger partial charge in [-0.15, -0.1) is 0 Å². The first-order valence-electron chi connectivity index (χ1n) is 9.77. The first kappa shape index (κ1) is 27.5. The standard InChI is InChI=1S/C21H23Cl4N3O4S/c1-4-17(21(30)26-2)27(11-13-8-9-14(22)16(24)10-13)19(29)12-28(33(3,31)32)18-7-5-6-15(23)20(18)25/h5-10,17H,4,11-12H2,1-3H3,(H,26,30). The zero-order valence-electron chi connectivity index (χ0n) is 18.1. The maximum absolute atomic E-state index is 13.5. The van der Waals surface area contributed by atoms with Crippen LogP contribution in [0.4, 0.5) is 5.69 Å². The Balaban J connectivity index is 2.49. The van der Waals surface area contributed by atoms with Crippen molar-refractivity contribution in [3.8, 4) is 0 Å². The molecule has 0 fully saturated rings. The van der Waals surface area contributed by atoms with Gasteiger partial charge in [-0.3, -0.25) is 13.9 Å². The van der Waals surface area contributed by atoms with E-state index in [9.17, 15) is 18.0 Å². The number of halogens is 4. The van der Waals surface area contributed by atoms with E-state index in [0.717, 1.165) is 10.6 Å². The molecular weight excluding hydrogens is 532 g/mol. The van der Waals surface area contributed by atoms with Gasteiger partial charge in [-0.05, 0) is 36.2 Å². The van der Waals surface area contributed by atoms with Gasteiger partial charge in [0.15, 0.2) is 0 Å². The molecule has 7 nitrogen and oxygen atoms in total. The smallest absolute Gasteiger partial charge is 0.244 e. The fourth-order valence-corrected chi connectivity index (χ4v) is 4.82. The largest absolute Gasteiger partial charge is 0.357 e. The number of carbonyl (C=O) groups is 2. The number of rotatable bonds is 9. The second-order valence-electron chi connectivity index (χ2n) is 7.15. The van der Waals surface area contributed by atoms with Gasteiger partial charge >= 0.3 is 0 Å². The molecule has 0 saturated heterocycles. The topological polar surface area (TPSA) is 86.8 Å². The SMILES string of the molecule is CCC(C(=O)NC)N(Cc1ccc(Cl)c(Cl)c1)C(=O)CN(c1cccc(Cl)c1Cl)S(C)(=O)=O. The molecule has 0 aromatic heterocycles. The Hall–Kier alpha value is -1.71. The normalized spacial score (nSPS) is 12.2. The summed E-state index contributed by atoms with van der Waals surface area (Å²) < 4.78 is 26.0. The Bertz CT molecular complexity index is 1140. The summed E-state index contributed by atoms with van der Waals surface area (Å²) in [7, 11) is -2.47. The van der Waals surface area contributed by atoms with Crippen LogP contribution in [0.1, 0.15) is 18.9 Å². The van der Waals surface area contributed by atoms with Crippen LogP contribution in [-0.4, -0.2) is 51.0 Å². The van der Waals surface area contributed by atoms with Gasteiger partial charge in [-0.25, -0.2) is 8.42 Å². The van der Waals surface area contributed by atoms with E-state index in [1.807, 2.05) is 0 Å². The maximum atomic E-state index is 13.5. The van der Waals surface area contributed by atoms with Crippen molar-refractivity contribution in [1.82, 2.24) is 10.2 Å². The molecule has 33 heavy (non-hydrogen) atoms. The summed E-state index contributed by atoms with van der Waals surface area (Å²) in [5.41, 5.74) is 0.675. The zero-order valence-corrected chi connectivity index (χ0v) is 22.0. The number of carbonyl (C=O) groups excluding carboxylic acids is 2.